The second-order valence-corrected chi connectivity index (χ2v) is 4.58. The average Bonchev–Trinajstić information content (AvgIpc) is 2.69. The first-order valence-corrected chi connectivity index (χ1v) is 6.24. The molecular weight excluding hydrogens is 247 g/mol. The first kappa shape index (κ1) is 12.0. The number of anilines is 1. The van der Waals surface area contributed by atoms with E-state index in [4.69, 9.17) is 10.00 Å². The van der Waals surface area contributed by atoms with Gasteiger partial charge in [0.2, 0.25) is 5.95 Å². The Labute approximate surface area is 97.6 Å². The van der Waals surface area contributed by atoms with Crippen molar-refractivity contribution in [3.05, 3.63) is 11.9 Å². The number of hydrogen-bond donors (Lipinski definition) is 4. The third-order valence-corrected chi connectivity index (χ3v) is 2.97. The Morgan fingerprint density at radius 3 is 3.18 bits per heavy atom. The van der Waals surface area contributed by atoms with Crippen LogP contribution in [0.5, 0.6) is 0 Å². The summed E-state index contributed by atoms with van der Waals surface area (Å²) in [5.41, 5.74) is -0.00524. The largest absolute Gasteiger partial charge is 0.610 e. The smallest absolute Gasteiger partial charge is 0.476 e. The highest BCUT2D eigenvalue weighted by molar-refractivity contribution is 7.35. The minimum Gasteiger partial charge on any atom is -0.476 e. The summed E-state index contributed by atoms with van der Waals surface area (Å²) in [5, 5.41) is 14.2. The van der Waals surface area contributed by atoms with Gasteiger partial charge in [-0.1, -0.05) is 5.09 Å². The summed E-state index contributed by atoms with van der Waals surface area (Å²) < 4.78 is 12.2. The molecule has 2 rings (SSSR count). The maximum atomic E-state index is 10.7. The highest BCUT2D eigenvalue weighted by Crippen LogP contribution is 2.18. The van der Waals surface area contributed by atoms with Crippen LogP contribution < -0.4 is 10.4 Å². The topological polar surface area (TPSA) is 116 Å². The Kier molecular flexibility index (Phi) is 3.37. The summed E-state index contributed by atoms with van der Waals surface area (Å²) in [6.45, 7) is 0.970. The van der Waals surface area contributed by atoms with E-state index >= 15 is 0 Å². The molecular formula is C8H12N4O4P+. The molecule has 2 heterocycles. The molecule has 2 unspecified atom stereocenters. The quantitative estimate of drug-likeness (QED) is 0.562. The number of imidazole rings is 1. The number of aryl methyl sites for hydroxylation is 1. The van der Waals surface area contributed by atoms with Gasteiger partial charge in [-0.25, -0.2) is 9.78 Å². The van der Waals surface area contributed by atoms with Crippen LogP contribution in [0.3, 0.4) is 0 Å². The van der Waals surface area contributed by atoms with Gasteiger partial charge in [-0.3, -0.25) is 0 Å². The van der Waals surface area contributed by atoms with Crippen LogP contribution in [-0.4, -0.2) is 38.1 Å². The number of nitrogens with one attached hydrogen (secondary N) is 2. The van der Waals surface area contributed by atoms with Crippen molar-refractivity contribution in [1.29, 1.82) is 0 Å². The van der Waals surface area contributed by atoms with Crippen LogP contribution in [0, 0.1) is 0 Å². The first-order chi connectivity index (χ1) is 8.06. The van der Waals surface area contributed by atoms with Crippen molar-refractivity contribution in [3.8, 4) is 0 Å². The Balaban J connectivity index is 2.03. The third kappa shape index (κ3) is 2.79. The highest BCUT2D eigenvalue weighted by atomic mass is 31.1. The predicted octanol–water partition coefficient (Wildman–Crippen LogP) is 0.00480. The highest BCUT2D eigenvalue weighted by Gasteiger charge is 2.23. The van der Waals surface area contributed by atoms with E-state index in [1.165, 1.54) is 6.20 Å². The summed E-state index contributed by atoms with van der Waals surface area (Å²) >= 11 is 0. The lowest BCUT2D eigenvalue weighted by Crippen LogP contribution is -2.35. The summed E-state index contributed by atoms with van der Waals surface area (Å²) in [6, 6.07) is -0.0300. The Bertz CT molecular complexity index is 460. The van der Waals surface area contributed by atoms with Crippen LogP contribution in [0.15, 0.2) is 6.20 Å². The van der Waals surface area contributed by atoms with Gasteiger partial charge in [-0.15, -0.1) is 4.89 Å². The number of aromatic nitrogens is 2. The molecule has 0 aromatic carbocycles. The van der Waals surface area contributed by atoms with E-state index in [1.807, 2.05) is 0 Å². The number of fused-ring (bicyclic) bond motifs is 1. The zero-order valence-corrected chi connectivity index (χ0v) is 9.72. The van der Waals surface area contributed by atoms with Crippen molar-refractivity contribution in [2.75, 3.05) is 11.9 Å². The van der Waals surface area contributed by atoms with Crippen molar-refractivity contribution in [3.63, 3.8) is 0 Å². The third-order valence-electron chi connectivity index (χ3n) is 2.52. The monoisotopic (exact) mass is 259 g/mol. The fraction of sp³-hybridized carbons (Fsp3) is 0.500. The molecule has 0 amide bonds. The lowest BCUT2D eigenvalue weighted by molar-refractivity contribution is 0.0691. The lowest BCUT2D eigenvalue weighted by atomic mass is 10.2. The second-order valence-electron chi connectivity index (χ2n) is 3.71. The number of hydrogen-bond acceptors (Lipinski definition) is 4. The minimum atomic E-state index is -2.36. The number of carboxylic acid groups (broad SMARTS) is 1. The molecule has 1 aromatic heterocycles. The predicted molar refractivity (Wildman–Crippen MR) is 59.0 cm³/mol. The molecule has 0 fully saturated rings. The van der Waals surface area contributed by atoms with Crippen LogP contribution in [0.2, 0.25) is 0 Å². The SMILES string of the molecule is O=C(O)c1cn2c(n1)NC(CN[P+](=O)O)CC2. The van der Waals surface area contributed by atoms with Gasteiger partial charge in [0.15, 0.2) is 5.69 Å². The maximum Gasteiger partial charge on any atom is 0.610 e. The van der Waals surface area contributed by atoms with Gasteiger partial charge < -0.3 is 15.0 Å². The molecule has 0 saturated heterocycles. The van der Waals surface area contributed by atoms with Crippen LogP contribution in [0.4, 0.5) is 5.95 Å². The van der Waals surface area contributed by atoms with E-state index in [2.05, 4.69) is 15.4 Å². The van der Waals surface area contributed by atoms with Crippen LogP contribution in [0.25, 0.3) is 0 Å². The van der Waals surface area contributed by atoms with Crippen LogP contribution >= 0.6 is 8.18 Å². The molecule has 92 valence electrons. The molecule has 0 bridgehead atoms. The summed E-state index contributed by atoms with van der Waals surface area (Å²) in [7, 11) is -2.36. The Morgan fingerprint density at radius 2 is 2.53 bits per heavy atom. The molecule has 0 spiro atoms. The minimum absolute atomic E-state index is 0.00524. The van der Waals surface area contributed by atoms with Crippen LogP contribution in [0.1, 0.15) is 16.9 Å². The number of carbonyl (C=O) groups is 1. The van der Waals surface area contributed by atoms with Crippen molar-refractivity contribution in [2.24, 2.45) is 0 Å². The molecule has 1 aliphatic rings. The molecule has 2 atom stereocenters. The van der Waals surface area contributed by atoms with Crippen molar-refractivity contribution < 1.29 is 19.4 Å². The zero-order valence-electron chi connectivity index (χ0n) is 8.83. The van der Waals surface area contributed by atoms with E-state index in [1.54, 1.807) is 4.57 Å². The van der Waals surface area contributed by atoms with E-state index < -0.39 is 14.1 Å². The van der Waals surface area contributed by atoms with Crippen LogP contribution in [-0.2, 0) is 11.1 Å². The number of aromatic carboxylic acids is 1. The van der Waals surface area contributed by atoms with Gasteiger partial charge in [0.1, 0.15) is 0 Å². The molecule has 0 aliphatic carbocycles. The molecule has 0 saturated carbocycles. The zero-order chi connectivity index (χ0) is 12.4. The Hall–Kier alpha value is -1.50. The molecule has 1 aliphatic heterocycles. The van der Waals surface area contributed by atoms with E-state index in [-0.39, 0.29) is 11.7 Å². The maximum absolute atomic E-state index is 10.7. The van der Waals surface area contributed by atoms with Crippen molar-refractivity contribution >= 4 is 20.1 Å². The molecule has 9 heteroatoms. The van der Waals surface area contributed by atoms with Crippen molar-refractivity contribution in [1.82, 2.24) is 14.6 Å². The molecule has 8 nitrogen and oxygen atoms in total. The van der Waals surface area contributed by atoms with Gasteiger partial charge in [-0.2, -0.15) is 0 Å². The fourth-order valence-corrected chi connectivity index (χ4v) is 2.07. The van der Waals surface area contributed by atoms with Crippen molar-refractivity contribution in [2.45, 2.75) is 19.0 Å². The standard InChI is InChI=1S/C8H11N4O4P/c13-7(14)6-4-12-2-1-5(3-9-17(15)16)10-8(12)11-6/h4-5H,1-3H2,(H3-,9,10,11,13,14,15,16)/p+1. The number of carboxylic acids is 1. The fourth-order valence-electron chi connectivity index (χ4n) is 1.70. The van der Waals surface area contributed by atoms with E-state index in [0.717, 1.165) is 6.42 Å². The molecule has 1 aromatic rings. The van der Waals surface area contributed by atoms with Gasteiger partial charge in [-0.05, 0) is 11.0 Å². The first-order valence-electron chi connectivity index (χ1n) is 5.03. The number of rotatable bonds is 4. The molecule has 4 N–H and O–H groups in total. The normalized spacial score (nSPS) is 19.4. The van der Waals surface area contributed by atoms with Gasteiger partial charge in [0.05, 0.1) is 6.54 Å². The van der Waals surface area contributed by atoms with E-state index in [9.17, 15) is 9.36 Å². The van der Waals surface area contributed by atoms with Gasteiger partial charge in [0, 0.05) is 18.8 Å². The van der Waals surface area contributed by atoms with Gasteiger partial charge >= 0.3 is 14.1 Å². The molecule has 17 heavy (non-hydrogen) atoms. The summed E-state index contributed by atoms with van der Waals surface area (Å²) in [4.78, 5) is 23.3. The lowest BCUT2D eigenvalue weighted by Gasteiger charge is -2.23. The van der Waals surface area contributed by atoms with Gasteiger partial charge in [0.25, 0.3) is 0 Å². The average molecular weight is 259 g/mol. The summed E-state index contributed by atoms with van der Waals surface area (Å²) in [5.74, 6) is -0.588. The second kappa shape index (κ2) is 4.79. The Morgan fingerprint density at radius 1 is 1.76 bits per heavy atom. The summed E-state index contributed by atoms with van der Waals surface area (Å²) in [6.07, 6.45) is 2.21. The number of nitrogens with zero attached hydrogens (tertiary/aromatic N) is 2. The molecule has 0 radical (unpaired) electrons. The van der Waals surface area contributed by atoms with E-state index in [0.29, 0.717) is 19.0 Å².